The van der Waals surface area contributed by atoms with Gasteiger partial charge in [-0.3, -0.25) is 4.55 Å². The highest BCUT2D eigenvalue weighted by molar-refractivity contribution is 8.01. The number of carbonyl (C=O) groups is 1. The third kappa shape index (κ3) is 2.61. The minimum absolute atomic E-state index is 1.04. The third-order valence-electron chi connectivity index (χ3n) is 0.621. The fourth-order valence-corrected chi connectivity index (χ4v) is 1.90. The van der Waals surface area contributed by atoms with Crippen LogP contribution in [0, 0.1) is 0 Å². The summed E-state index contributed by atoms with van der Waals surface area (Å²) in [5, 5.41) is 4.22. The Hall–Kier alpha value is -0.910. The first-order chi connectivity index (χ1) is 5.07. The van der Waals surface area contributed by atoms with Crippen molar-refractivity contribution in [3.8, 4) is 0 Å². The van der Waals surface area contributed by atoms with Crippen LogP contribution in [0.5, 0.6) is 0 Å². The van der Waals surface area contributed by atoms with E-state index in [-0.39, 0.29) is 0 Å². The van der Waals surface area contributed by atoms with E-state index in [9.17, 15) is 21.6 Å². The summed E-state index contributed by atoms with van der Waals surface area (Å²) in [4.78, 5) is 10.1. The Morgan fingerprint density at radius 1 is 1.25 bits per heavy atom. The van der Waals surface area contributed by atoms with Gasteiger partial charge in [-0.2, -0.15) is 16.8 Å². The number of nitrogens with two attached hydrogens (primary N) is 2. The van der Waals surface area contributed by atoms with Crippen molar-refractivity contribution in [2.75, 3.05) is 0 Å². The van der Waals surface area contributed by atoms with Gasteiger partial charge in [0.05, 0.1) is 0 Å². The van der Waals surface area contributed by atoms with Crippen LogP contribution in [-0.2, 0) is 20.5 Å². The monoisotopic (exact) mass is 219 g/mol. The Morgan fingerprint density at radius 2 is 1.58 bits per heavy atom. The molecule has 9 nitrogen and oxygen atoms in total. The van der Waals surface area contributed by atoms with Crippen molar-refractivity contribution in [2.45, 2.75) is 0 Å². The predicted octanol–water partition coefficient (Wildman–Crippen LogP) is -2.63. The molecule has 0 spiro atoms. The fraction of sp³-hybridized carbons (Fsp3) is 0. The average Bonchev–Trinajstić information content (AvgIpc) is 1.49. The van der Waals surface area contributed by atoms with Crippen molar-refractivity contribution in [3.63, 3.8) is 0 Å². The lowest BCUT2D eigenvalue weighted by atomic mass is 11.2. The van der Waals surface area contributed by atoms with Crippen molar-refractivity contribution in [1.29, 1.82) is 0 Å². The van der Waals surface area contributed by atoms with E-state index in [1.165, 1.54) is 0 Å². The summed E-state index contributed by atoms with van der Waals surface area (Å²) in [5.41, 5.74) is 4.30. The van der Waals surface area contributed by atoms with Crippen molar-refractivity contribution in [3.05, 3.63) is 0 Å². The molecule has 0 aliphatic heterocycles. The molecule has 0 fully saturated rings. The molecule has 11 heteroatoms. The van der Waals surface area contributed by atoms with Crippen LogP contribution < -0.4 is 10.9 Å². The van der Waals surface area contributed by atoms with Gasteiger partial charge in [-0.25, -0.2) is 9.93 Å². The molecule has 0 saturated heterocycles. The van der Waals surface area contributed by atoms with Crippen molar-refractivity contribution < 1.29 is 26.2 Å². The lowest BCUT2D eigenvalue weighted by molar-refractivity contribution is 0.242. The van der Waals surface area contributed by atoms with Crippen LogP contribution in [-0.4, -0.2) is 31.1 Å². The Kier molecular flexibility index (Phi) is 2.64. The molecule has 72 valence electrons. The molecule has 0 atom stereocenters. The zero-order valence-corrected chi connectivity index (χ0v) is 7.04. The predicted molar refractivity (Wildman–Crippen MR) is 36.1 cm³/mol. The molecule has 0 aliphatic carbocycles. The van der Waals surface area contributed by atoms with Crippen LogP contribution in [0.25, 0.3) is 0 Å². The first kappa shape index (κ1) is 11.1. The summed E-state index contributed by atoms with van der Waals surface area (Å²) in [6, 6.07) is -1.92. The molecule has 0 aromatic carbocycles. The molecule has 0 heterocycles. The highest BCUT2D eigenvalue weighted by Gasteiger charge is 2.33. The summed E-state index contributed by atoms with van der Waals surface area (Å²) in [7, 11) is -10.2. The standard InChI is InChI=1S/CH5N3O6S2/c2-1(5)4(11(3,6)7)12(8,9)10/h(H2,2,5)(H2,3,6,7)(H,8,9,10). The molecule has 0 unspecified atom stereocenters. The number of carbonyl (C=O) groups excluding carboxylic acids is 1. The Balaban J connectivity index is 5.42. The Bertz CT molecular complexity index is 345. The number of rotatable bonds is 2. The highest BCUT2D eigenvalue weighted by atomic mass is 32.3. The smallest absolute Gasteiger partial charge is 0.350 e. The number of hydrogen-bond acceptors (Lipinski definition) is 5. The van der Waals surface area contributed by atoms with Crippen LogP contribution >= 0.6 is 0 Å². The second-order valence-electron chi connectivity index (χ2n) is 1.56. The molecule has 0 aromatic heterocycles. The van der Waals surface area contributed by atoms with E-state index in [4.69, 9.17) is 4.55 Å². The molecule has 0 radical (unpaired) electrons. The maximum atomic E-state index is 10.3. The van der Waals surface area contributed by atoms with Crippen LogP contribution in [0.4, 0.5) is 4.79 Å². The van der Waals surface area contributed by atoms with Gasteiger partial charge in [-0.05, 0) is 0 Å². The summed E-state index contributed by atoms with van der Waals surface area (Å²) >= 11 is 0. The van der Waals surface area contributed by atoms with Crippen LogP contribution in [0.3, 0.4) is 0 Å². The third-order valence-corrected chi connectivity index (χ3v) is 3.05. The summed E-state index contributed by atoms with van der Waals surface area (Å²) in [6.45, 7) is 0. The minimum Gasteiger partial charge on any atom is -0.350 e. The van der Waals surface area contributed by atoms with Gasteiger partial charge in [-0.15, -0.1) is 0 Å². The Morgan fingerprint density at radius 3 is 1.58 bits per heavy atom. The Labute approximate surface area is 68.0 Å². The fourth-order valence-electron chi connectivity index (χ4n) is 0.370. The molecule has 0 rings (SSSR count). The minimum atomic E-state index is -5.28. The quantitative estimate of drug-likeness (QED) is 0.430. The van der Waals surface area contributed by atoms with Gasteiger partial charge in [0, 0.05) is 0 Å². The molecule has 0 saturated carbocycles. The van der Waals surface area contributed by atoms with Gasteiger partial charge in [0.25, 0.3) is 0 Å². The molecule has 12 heavy (non-hydrogen) atoms. The lowest BCUT2D eigenvalue weighted by Crippen LogP contribution is -2.47. The first-order valence-electron chi connectivity index (χ1n) is 2.17. The lowest BCUT2D eigenvalue weighted by Gasteiger charge is -2.11. The summed E-state index contributed by atoms with van der Waals surface area (Å²) in [6.07, 6.45) is 0. The SMILES string of the molecule is NC(=O)N(S(N)(=O)=O)S(=O)(=O)O. The van der Waals surface area contributed by atoms with E-state index in [0.717, 1.165) is 0 Å². The molecule has 5 N–H and O–H groups in total. The molecule has 2 amide bonds. The van der Waals surface area contributed by atoms with Crippen molar-refractivity contribution in [2.24, 2.45) is 10.9 Å². The molecule has 0 bridgehead atoms. The van der Waals surface area contributed by atoms with E-state index in [0.29, 0.717) is 0 Å². The molecular weight excluding hydrogens is 214 g/mol. The number of hydrogen-bond donors (Lipinski definition) is 3. The zero-order chi connectivity index (χ0) is 10.2. The molecule has 0 aromatic rings. The van der Waals surface area contributed by atoms with Gasteiger partial charge >= 0.3 is 26.5 Å². The normalized spacial score (nSPS) is 12.5. The van der Waals surface area contributed by atoms with E-state index in [1.54, 1.807) is 0 Å². The second kappa shape index (κ2) is 2.85. The maximum Gasteiger partial charge on any atom is 0.378 e. The number of nitrogens with zero attached hydrogens (tertiary/aromatic N) is 1. The topological polar surface area (TPSA) is 161 Å². The van der Waals surface area contributed by atoms with E-state index >= 15 is 0 Å². The van der Waals surface area contributed by atoms with E-state index < -0.39 is 30.3 Å². The van der Waals surface area contributed by atoms with Crippen LogP contribution in [0.1, 0.15) is 0 Å². The van der Waals surface area contributed by atoms with E-state index in [2.05, 4.69) is 10.9 Å². The maximum absolute atomic E-state index is 10.3. The second-order valence-corrected chi connectivity index (χ2v) is 4.45. The highest BCUT2D eigenvalue weighted by Crippen LogP contribution is 2.00. The van der Waals surface area contributed by atoms with Crippen LogP contribution in [0.2, 0.25) is 0 Å². The van der Waals surface area contributed by atoms with Gasteiger partial charge in [0.1, 0.15) is 0 Å². The number of primary amides is 1. The van der Waals surface area contributed by atoms with Gasteiger partial charge < -0.3 is 5.73 Å². The van der Waals surface area contributed by atoms with Gasteiger partial charge in [-0.1, -0.05) is 3.71 Å². The van der Waals surface area contributed by atoms with E-state index in [1.807, 2.05) is 0 Å². The van der Waals surface area contributed by atoms with Crippen molar-refractivity contribution >= 4 is 26.5 Å². The number of urea groups is 1. The first-order valence-corrected chi connectivity index (χ1v) is 5.07. The molecular formula is CH5N3O6S2. The summed E-state index contributed by atoms with van der Waals surface area (Å²) < 4.78 is 47.9. The number of amides is 2. The average molecular weight is 219 g/mol. The van der Waals surface area contributed by atoms with Crippen molar-refractivity contribution in [1.82, 2.24) is 3.71 Å². The van der Waals surface area contributed by atoms with Crippen LogP contribution in [0.15, 0.2) is 0 Å². The van der Waals surface area contributed by atoms with Gasteiger partial charge in [0.2, 0.25) is 0 Å². The largest absolute Gasteiger partial charge is 0.378 e. The zero-order valence-electron chi connectivity index (χ0n) is 5.41. The summed E-state index contributed by atoms with van der Waals surface area (Å²) in [5.74, 6) is 0. The van der Waals surface area contributed by atoms with Gasteiger partial charge in [0.15, 0.2) is 0 Å². The molecule has 0 aliphatic rings.